The summed E-state index contributed by atoms with van der Waals surface area (Å²) in [6, 6.07) is 35.5. The van der Waals surface area contributed by atoms with E-state index in [4.69, 9.17) is 9.47 Å². The first-order valence-corrected chi connectivity index (χ1v) is 19.5. The van der Waals surface area contributed by atoms with Crippen molar-refractivity contribution in [2.75, 3.05) is 39.3 Å². The molecule has 0 spiro atoms. The molecule has 2 heterocycles. The topological polar surface area (TPSA) is 103 Å². The monoisotopic (exact) mass is 732 g/mol. The average molecular weight is 733 g/mol. The van der Waals surface area contributed by atoms with E-state index < -0.39 is 6.29 Å². The number of unbranched alkanes of at least 4 members (excludes halogenated alkanes) is 2. The zero-order chi connectivity index (χ0) is 37.7. The molecular weight excluding hydrogens is 677 g/mol. The lowest BCUT2D eigenvalue weighted by Gasteiger charge is -2.44. The Balaban J connectivity index is 1.07. The van der Waals surface area contributed by atoms with Gasteiger partial charge in [-0.3, -0.25) is 19.4 Å². The predicted molar refractivity (Wildman–Crippen MR) is 212 cm³/mol. The molecule has 4 aromatic rings. The lowest BCUT2D eigenvalue weighted by atomic mass is 9.89. The summed E-state index contributed by atoms with van der Waals surface area (Å²) in [5.41, 5.74) is 7.50. The number of ether oxygens (including phenoxy) is 2. The van der Waals surface area contributed by atoms with E-state index in [-0.39, 0.29) is 36.5 Å². The van der Waals surface area contributed by atoms with Gasteiger partial charge in [0.05, 0.1) is 18.8 Å². The van der Waals surface area contributed by atoms with E-state index in [9.17, 15) is 14.7 Å². The van der Waals surface area contributed by atoms with Gasteiger partial charge in [0.25, 0.3) is 0 Å². The number of aliphatic hydroxyl groups is 1. The molecule has 2 amide bonds. The molecule has 9 nitrogen and oxygen atoms in total. The van der Waals surface area contributed by atoms with Crippen molar-refractivity contribution in [3.63, 3.8) is 0 Å². The Kier molecular flexibility index (Phi) is 14.4. The molecule has 0 radical (unpaired) electrons. The van der Waals surface area contributed by atoms with Gasteiger partial charge in [0, 0.05) is 77.2 Å². The van der Waals surface area contributed by atoms with E-state index in [0.717, 1.165) is 91.9 Å². The van der Waals surface area contributed by atoms with Crippen molar-refractivity contribution in [1.29, 1.82) is 0 Å². The fourth-order valence-electron chi connectivity index (χ4n) is 7.39. The highest BCUT2D eigenvalue weighted by atomic mass is 16.7. The van der Waals surface area contributed by atoms with Crippen LogP contribution in [0.15, 0.2) is 103 Å². The van der Waals surface area contributed by atoms with Gasteiger partial charge in [0.2, 0.25) is 11.8 Å². The molecule has 286 valence electrons. The molecule has 9 heteroatoms. The third kappa shape index (κ3) is 11.3. The Hall–Kier alpha value is -4.38. The maximum absolute atomic E-state index is 12.5. The first-order valence-electron chi connectivity index (χ1n) is 19.5. The Labute approximate surface area is 320 Å². The molecule has 0 bridgehead atoms. The number of benzene rings is 4. The number of nitrogens with zero attached hydrogens (tertiary/aromatic N) is 2. The number of hydrogen-bond acceptors (Lipinski definition) is 7. The van der Waals surface area contributed by atoms with Gasteiger partial charge in [-0.05, 0) is 52.3 Å². The lowest BCUT2D eigenvalue weighted by molar-refractivity contribution is -0.276. The van der Waals surface area contributed by atoms with Crippen LogP contribution in [0.2, 0.25) is 0 Å². The summed E-state index contributed by atoms with van der Waals surface area (Å²) in [5.74, 6) is 0.145. The molecule has 4 atom stereocenters. The SMILES string of the molecule is CC(=O)NCCCCCC(=O)NCc1cccc(-c2ccc(C3OC(CN4CCN(Cc5ccccc5)CC4)C(C)C(c4ccc(CO)cc4)O3)cc2)c1. The normalized spacial score (nSPS) is 20.7. The van der Waals surface area contributed by atoms with E-state index in [1.54, 1.807) is 0 Å². The second-order valence-electron chi connectivity index (χ2n) is 14.8. The summed E-state index contributed by atoms with van der Waals surface area (Å²) in [5, 5.41) is 15.5. The van der Waals surface area contributed by atoms with E-state index in [1.165, 1.54) is 12.5 Å². The van der Waals surface area contributed by atoms with Crippen LogP contribution < -0.4 is 10.6 Å². The third-order valence-electron chi connectivity index (χ3n) is 10.7. The summed E-state index contributed by atoms with van der Waals surface area (Å²) in [6.45, 7) is 10.8. The van der Waals surface area contributed by atoms with Crippen LogP contribution in [0.3, 0.4) is 0 Å². The number of piperazine rings is 1. The third-order valence-corrected chi connectivity index (χ3v) is 10.7. The molecule has 2 aliphatic heterocycles. The summed E-state index contributed by atoms with van der Waals surface area (Å²) in [4.78, 5) is 28.5. The predicted octanol–water partition coefficient (Wildman–Crippen LogP) is 6.77. The maximum Gasteiger partial charge on any atom is 0.220 e. The van der Waals surface area contributed by atoms with E-state index in [1.807, 2.05) is 24.3 Å². The van der Waals surface area contributed by atoms with Crippen LogP contribution in [0, 0.1) is 5.92 Å². The molecule has 0 aromatic heterocycles. The van der Waals surface area contributed by atoms with Gasteiger partial charge in [-0.25, -0.2) is 0 Å². The first kappa shape index (κ1) is 39.3. The second-order valence-corrected chi connectivity index (χ2v) is 14.8. The molecule has 0 saturated carbocycles. The molecule has 4 unspecified atom stereocenters. The molecule has 54 heavy (non-hydrogen) atoms. The molecule has 2 fully saturated rings. The Morgan fingerprint density at radius 1 is 0.722 bits per heavy atom. The van der Waals surface area contributed by atoms with Crippen LogP contribution in [0.4, 0.5) is 0 Å². The standard InChI is InChI=1S/C45H56N4O5/c1-33-42(31-49-26-24-48(25-27-49)30-35-10-5-3-6-11-35)53-45(54-44(33)39-17-15-36(32-50)16-18-39)40-21-19-38(20-22-40)41-13-9-12-37(28-41)29-47-43(52)14-7-4-8-23-46-34(2)51/h3,5-6,9-13,15-22,28,33,42,44-45,50H,4,7-8,14,23-27,29-32H2,1-2H3,(H,46,51)(H,47,52). The van der Waals surface area contributed by atoms with Crippen LogP contribution in [0.25, 0.3) is 11.1 Å². The van der Waals surface area contributed by atoms with E-state index in [0.29, 0.717) is 19.5 Å². The highest BCUT2D eigenvalue weighted by molar-refractivity contribution is 5.76. The lowest BCUT2D eigenvalue weighted by Crippen LogP contribution is -2.51. The van der Waals surface area contributed by atoms with Crippen LogP contribution >= 0.6 is 0 Å². The van der Waals surface area contributed by atoms with Gasteiger partial charge in [-0.2, -0.15) is 0 Å². The fraction of sp³-hybridized carbons (Fsp3) is 0.422. The molecule has 2 aliphatic rings. The number of rotatable bonds is 16. The number of aliphatic hydroxyl groups excluding tert-OH is 1. The summed E-state index contributed by atoms with van der Waals surface area (Å²) in [7, 11) is 0. The van der Waals surface area contributed by atoms with Crippen LogP contribution in [0.1, 0.15) is 79.7 Å². The minimum absolute atomic E-state index is 0.0128. The number of carbonyl (C=O) groups is 2. The zero-order valence-corrected chi connectivity index (χ0v) is 31.8. The van der Waals surface area contributed by atoms with E-state index >= 15 is 0 Å². The number of amides is 2. The van der Waals surface area contributed by atoms with Gasteiger partial charge in [0.15, 0.2) is 6.29 Å². The van der Waals surface area contributed by atoms with Crippen LogP contribution in [-0.2, 0) is 38.8 Å². The average Bonchev–Trinajstić information content (AvgIpc) is 3.20. The number of carbonyl (C=O) groups excluding carboxylic acids is 2. The summed E-state index contributed by atoms with van der Waals surface area (Å²) >= 11 is 0. The van der Waals surface area contributed by atoms with Gasteiger partial charge >= 0.3 is 0 Å². The minimum Gasteiger partial charge on any atom is -0.392 e. The summed E-state index contributed by atoms with van der Waals surface area (Å²) in [6.07, 6.45) is 2.36. The van der Waals surface area contributed by atoms with Crippen molar-refractivity contribution in [2.45, 2.75) is 77.7 Å². The molecular formula is C45H56N4O5. The van der Waals surface area contributed by atoms with Gasteiger partial charge in [-0.15, -0.1) is 0 Å². The van der Waals surface area contributed by atoms with Crippen molar-refractivity contribution in [3.8, 4) is 11.1 Å². The minimum atomic E-state index is -0.519. The Morgan fingerprint density at radius 3 is 2.15 bits per heavy atom. The highest BCUT2D eigenvalue weighted by Gasteiger charge is 2.39. The highest BCUT2D eigenvalue weighted by Crippen LogP contribution is 2.42. The van der Waals surface area contributed by atoms with Gasteiger partial charge in [-0.1, -0.05) is 110 Å². The van der Waals surface area contributed by atoms with Crippen molar-refractivity contribution in [3.05, 3.63) is 131 Å². The number of nitrogens with one attached hydrogen (secondary N) is 2. The van der Waals surface area contributed by atoms with Crippen molar-refractivity contribution in [1.82, 2.24) is 20.4 Å². The second kappa shape index (κ2) is 19.8. The smallest absolute Gasteiger partial charge is 0.220 e. The van der Waals surface area contributed by atoms with Crippen molar-refractivity contribution < 1.29 is 24.2 Å². The van der Waals surface area contributed by atoms with Crippen LogP contribution in [-0.4, -0.2) is 72.1 Å². The zero-order valence-electron chi connectivity index (χ0n) is 31.8. The molecule has 6 rings (SSSR count). The van der Waals surface area contributed by atoms with Crippen molar-refractivity contribution >= 4 is 11.8 Å². The first-order chi connectivity index (χ1) is 26.3. The van der Waals surface area contributed by atoms with Gasteiger partial charge < -0.3 is 25.2 Å². The van der Waals surface area contributed by atoms with E-state index in [2.05, 4.69) is 106 Å². The van der Waals surface area contributed by atoms with Crippen LogP contribution in [0.5, 0.6) is 0 Å². The maximum atomic E-state index is 12.5. The summed E-state index contributed by atoms with van der Waals surface area (Å²) < 4.78 is 13.6. The quantitative estimate of drug-likeness (QED) is 0.109. The Bertz CT molecular complexity index is 1760. The molecule has 4 aromatic carbocycles. The molecule has 3 N–H and O–H groups in total. The molecule has 0 aliphatic carbocycles. The fourth-order valence-corrected chi connectivity index (χ4v) is 7.39. The molecule has 2 saturated heterocycles. The Morgan fingerprint density at radius 2 is 1.43 bits per heavy atom. The largest absolute Gasteiger partial charge is 0.392 e. The van der Waals surface area contributed by atoms with Crippen molar-refractivity contribution in [2.24, 2.45) is 5.92 Å². The van der Waals surface area contributed by atoms with Gasteiger partial charge in [0.1, 0.15) is 0 Å². The number of hydrogen-bond donors (Lipinski definition) is 3.